The van der Waals surface area contributed by atoms with Gasteiger partial charge in [0.2, 0.25) is 0 Å². The van der Waals surface area contributed by atoms with Crippen molar-refractivity contribution in [3.63, 3.8) is 0 Å². The van der Waals surface area contributed by atoms with Gasteiger partial charge in [0, 0.05) is 0 Å². The first-order valence-corrected chi connectivity index (χ1v) is 19.8. The van der Waals surface area contributed by atoms with Gasteiger partial charge in [0.15, 0.2) is 0 Å². The van der Waals surface area contributed by atoms with Gasteiger partial charge in [-0.15, -0.1) is 0 Å². The molecule has 9 rings (SSSR count). The topological polar surface area (TPSA) is 67.4 Å². The van der Waals surface area contributed by atoms with Gasteiger partial charge in [-0.25, -0.2) is 0 Å². The summed E-state index contributed by atoms with van der Waals surface area (Å²) in [5, 5.41) is 11.2. The van der Waals surface area contributed by atoms with E-state index in [1.54, 1.807) is 35.8 Å². The first-order chi connectivity index (χ1) is 31.0. The molecule has 0 amide bonds. The summed E-state index contributed by atoms with van der Waals surface area (Å²) in [6.07, 6.45) is 0. The van der Waals surface area contributed by atoms with Crippen LogP contribution in [0, 0.1) is 16.4 Å². The maximum atomic E-state index is 9.86. The minimum absolute atomic E-state index is 0.00335. The molecule has 0 atom stereocenters. The van der Waals surface area contributed by atoms with E-state index in [0.717, 1.165) is 11.1 Å². The summed E-state index contributed by atoms with van der Waals surface area (Å²) >= 11 is 0. The van der Waals surface area contributed by atoms with Crippen LogP contribution in [0.4, 0.5) is 0 Å². The molecule has 27 radical (unpaired) electrons. The molecule has 9 aromatic rings. The molecule has 0 saturated heterocycles. The summed E-state index contributed by atoms with van der Waals surface area (Å²) in [5.41, 5.74) is 3.93. The van der Waals surface area contributed by atoms with Gasteiger partial charge in [0.05, 0.1) is 0 Å². The van der Waals surface area contributed by atoms with Crippen molar-refractivity contribution < 1.29 is 0 Å². The van der Waals surface area contributed by atoms with Gasteiger partial charge in [-0.2, -0.15) is 0 Å². The fourth-order valence-corrected chi connectivity index (χ4v) is 8.50. The number of allylic oxidation sites excluding steroid dienone is 2. The average molecular weight is 790 g/mol. The van der Waals surface area contributed by atoms with Crippen molar-refractivity contribution in [3.8, 4) is 57.0 Å². The Bertz CT molecular complexity index is 3700. The van der Waals surface area contributed by atoms with Gasteiger partial charge in [0.25, 0.3) is 0 Å². The normalized spacial score (nSPS) is 12.5. The van der Waals surface area contributed by atoms with Crippen LogP contribution in [-0.4, -0.2) is 129 Å². The standard InChI is InChI=1S/C46H16B14N5/c1-16(47)28(48)31(51)26-22-24-25-23(29(26)49)27(32(52)37(57)41(25)65(42(24)38(58)33(53)30(22)50)43-39(59)35(55)34(54)36(56)40(43)60)46-63-44(62-45(64-46)21-9-5-6-17(14-21)15-61)20-12-10-19(11-13-20)18-7-3-2-4-8-18/h2-14H,1H3/b28-16-,31-26+. The summed E-state index contributed by atoms with van der Waals surface area (Å²) in [6.45, 7) is 1.58. The molecule has 0 aliphatic rings. The van der Waals surface area contributed by atoms with Gasteiger partial charge in [-0.05, 0) is 0 Å². The second-order valence-electron chi connectivity index (χ2n) is 15.6. The first-order valence-electron chi connectivity index (χ1n) is 19.8. The molecular weight excluding hydrogens is 774 g/mol. The predicted molar refractivity (Wildman–Crippen MR) is 281 cm³/mol. The Kier molecular flexibility index (Phi) is 11.1. The van der Waals surface area contributed by atoms with E-state index in [1.165, 1.54) is 0 Å². The zero-order valence-corrected chi connectivity index (χ0v) is 34.8. The fourth-order valence-electron chi connectivity index (χ4n) is 8.50. The summed E-state index contributed by atoms with van der Waals surface area (Å²) in [5.74, 6) is 0.499. The molecule has 19 heteroatoms. The number of nitriles is 1. The molecule has 0 N–H and O–H groups in total. The summed E-state index contributed by atoms with van der Waals surface area (Å²) in [7, 11) is 94.8. The number of rotatable bonds is 6. The molecule has 0 saturated carbocycles. The van der Waals surface area contributed by atoms with Crippen LogP contribution >= 0.6 is 0 Å². The third kappa shape index (κ3) is 6.73. The molecule has 0 bridgehead atoms. The summed E-state index contributed by atoms with van der Waals surface area (Å²) in [6, 6.07) is 26.6. The van der Waals surface area contributed by atoms with Gasteiger partial charge in [0.1, 0.15) is 0 Å². The van der Waals surface area contributed by atoms with Crippen LogP contribution < -0.4 is 59.8 Å². The zero-order valence-electron chi connectivity index (χ0n) is 34.8. The minimum atomic E-state index is -0.0602. The Labute approximate surface area is 394 Å². The molecule has 2 aromatic heterocycles. The average Bonchev–Trinajstić information content (AvgIpc) is 3.66. The van der Waals surface area contributed by atoms with E-state index in [9.17, 15) is 5.26 Å². The molecule has 0 fully saturated rings. The Morgan fingerprint density at radius 3 is 1.60 bits per heavy atom. The number of aromatic nitrogens is 4. The zero-order chi connectivity index (χ0) is 46.5. The van der Waals surface area contributed by atoms with Crippen molar-refractivity contribution in [2.75, 3.05) is 0 Å². The summed E-state index contributed by atoms with van der Waals surface area (Å²) < 4.78 is 1.56. The fraction of sp³-hybridized carbons (Fsp3) is 0.0217. The van der Waals surface area contributed by atoms with Gasteiger partial charge in [-0.1, -0.05) is 18.2 Å². The van der Waals surface area contributed by atoms with E-state index in [1.807, 2.05) is 54.6 Å². The molecule has 0 spiro atoms. The predicted octanol–water partition coefficient (Wildman–Crippen LogP) is -3.70. The van der Waals surface area contributed by atoms with Crippen LogP contribution in [0.25, 0.3) is 89.0 Å². The quantitative estimate of drug-likeness (QED) is 0.129. The van der Waals surface area contributed by atoms with E-state index in [2.05, 4.69) is 6.07 Å². The number of hydrogen-bond acceptors (Lipinski definition) is 4. The van der Waals surface area contributed by atoms with Crippen molar-refractivity contribution in [1.82, 2.24) is 19.5 Å². The van der Waals surface area contributed by atoms with Gasteiger partial charge in [-0.3, -0.25) is 0 Å². The third-order valence-corrected chi connectivity index (χ3v) is 11.9. The Morgan fingerprint density at radius 2 is 1.00 bits per heavy atom. The van der Waals surface area contributed by atoms with Crippen LogP contribution in [0.15, 0.2) is 89.8 Å². The van der Waals surface area contributed by atoms with Gasteiger partial charge < -0.3 is 0 Å². The number of benzene rings is 7. The molecule has 2 heterocycles. The van der Waals surface area contributed by atoms with Crippen molar-refractivity contribution in [1.29, 1.82) is 5.26 Å². The van der Waals surface area contributed by atoms with E-state index < -0.39 is 0 Å². The van der Waals surface area contributed by atoms with Crippen LogP contribution in [-0.2, 0) is 0 Å². The van der Waals surface area contributed by atoms with Crippen molar-refractivity contribution in [2.45, 2.75) is 6.92 Å². The Hall–Kier alpha value is -6.12. The SMILES string of the molecule is [B]/C(C)=C([B])/C([B])=c1\c(=[B])c2c(-c3nc(-c4ccc(-c5ccccc5)cc4)nc(-c4cccc(C#N)c4)n3)c([B])c([B])c3c2c2c1c([B])c([B])c([B])c2n3-c1c([B])c([B])c([B])c([B])c1[B]. The van der Waals surface area contributed by atoms with Gasteiger partial charge >= 0.3 is 378 Å². The molecule has 65 heavy (non-hydrogen) atoms. The number of nitrogens with zero attached hydrogens (tertiary/aromatic N) is 5. The Morgan fingerprint density at radius 1 is 0.508 bits per heavy atom. The maximum absolute atomic E-state index is 9.86. The van der Waals surface area contributed by atoms with Crippen molar-refractivity contribution in [3.05, 3.63) is 106 Å². The van der Waals surface area contributed by atoms with Crippen LogP contribution in [0.3, 0.4) is 0 Å². The van der Waals surface area contributed by atoms with E-state index in [0.29, 0.717) is 27.5 Å². The van der Waals surface area contributed by atoms with Crippen LogP contribution in [0.1, 0.15) is 12.5 Å². The second kappa shape index (κ2) is 16.4. The Balaban J connectivity index is 1.52. The molecule has 0 aliphatic carbocycles. The molecule has 5 nitrogen and oxygen atoms in total. The molecule has 0 unspecified atom stereocenters. The molecule has 0 aliphatic heterocycles. The molecular formula is C46H16B14N5. The van der Waals surface area contributed by atoms with Crippen molar-refractivity contribution >= 4 is 202 Å². The monoisotopic (exact) mass is 792 g/mol. The third-order valence-electron chi connectivity index (χ3n) is 11.9. The second-order valence-corrected chi connectivity index (χ2v) is 15.6. The van der Waals surface area contributed by atoms with E-state index in [4.69, 9.17) is 124 Å². The van der Waals surface area contributed by atoms with E-state index >= 15 is 0 Å². The molecule has 267 valence electrons. The van der Waals surface area contributed by atoms with Crippen LogP contribution in [0.2, 0.25) is 0 Å². The molecule has 7 aromatic carbocycles. The van der Waals surface area contributed by atoms with Crippen LogP contribution in [0.5, 0.6) is 0 Å². The van der Waals surface area contributed by atoms with E-state index in [-0.39, 0.29) is 132 Å². The summed E-state index contributed by atoms with van der Waals surface area (Å²) in [4.78, 5) is 15.0. The van der Waals surface area contributed by atoms with Crippen molar-refractivity contribution in [2.24, 2.45) is 0 Å². The number of hydrogen-bond donors (Lipinski definition) is 0. The first kappa shape index (κ1) is 44.1.